The minimum absolute atomic E-state index is 0.0124. The lowest BCUT2D eigenvalue weighted by Crippen LogP contribution is -2.46. The van der Waals surface area contributed by atoms with Gasteiger partial charge in [-0.2, -0.15) is 0 Å². The van der Waals surface area contributed by atoms with Gasteiger partial charge in [0, 0.05) is 26.2 Å². The van der Waals surface area contributed by atoms with E-state index in [1.807, 2.05) is 85.9 Å². The van der Waals surface area contributed by atoms with Crippen molar-refractivity contribution in [3.63, 3.8) is 0 Å². The normalized spacial score (nSPS) is 14.9. The SMILES string of the molecule is CN(CCOC(=O)N1CCC(C(O)(c2ccccc2)c2ccccc2)CC1)Cc1ccccc1. The average molecular weight is 459 g/mol. The molecule has 0 aliphatic carbocycles. The van der Waals surface area contributed by atoms with Crippen molar-refractivity contribution in [2.45, 2.75) is 25.0 Å². The Morgan fingerprint density at radius 1 is 0.912 bits per heavy atom. The van der Waals surface area contributed by atoms with Crippen LogP contribution in [-0.4, -0.2) is 54.3 Å². The molecular formula is C29H34N2O3. The molecule has 1 N–H and O–H groups in total. The lowest BCUT2D eigenvalue weighted by molar-refractivity contribution is -0.0147. The van der Waals surface area contributed by atoms with Crippen LogP contribution >= 0.6 is 0 Å². The number of amides is 1. The van der Waals surface area contributed by atoms with E-state index in [2.05, 4.69) is 17.0 Å². The van der Waals surface area contributed by atoms with Crippen molar-refractivity contribution in [1.29, 1.82) is 0 Å². The Bertz CT molecular complexity index is 980. The first-order chi connectivity index (χ1) is 16.6. The summed E-state index contributed by atoms with van der Waals surface area (Å²) in [6.45, 7) is 3.01. The number of likely N-dealkylation sites (tertiary alicyclic amines) is 1. The molecule has 1 fully saturated rings. The van der Waals surface area contributed by atoms with E-state index >= 15 is 0 Å². The summed E-state index contributed by atoms with van der Waals surface area (Å²) in [5.41, 5.74) is 1.94. The van der Waals surface area contributed by atoms with Crippen LogP contribution in [0, 0.1) is 5.92 Å². The maximum atomic E-state index is 12.7. The van der Waals surface area contributed by atoms with E-state index < -0.39 is 5.60 Å². The smallest absolute Gasteiger partial charge is 0.409 e. The third-order valence-electron chi connectivity index (χ3n) is 6.77. The first kappa shape index (κ1) is 24.0. The predicted octanol–water partition coefficient (Wildman–Crippen LogP) is 4.90. The molecule has 0 saturated carbocycles. The fourth-order valence-electron chi connectivity index (χ4n) is 4.86. The van der Waals surface area contributed by atoms with Crippen LogP contribution in [0.5, 0.6) is 0 Å². The van der Waals surface area contributed by atoms with E-state index in [1.165, 1.54) is 5.56 Å². The number of rotatable bonds is 8. The third-order valence-corrected chi connectivity index (χ3v) is 6.77. The van der Waals surface area contributed by atoms with E-state index in [-0.39, 0.29) is 12.0 Å². The number of benzene rings is 3. The van der Waals surface area contributed by atoms with Crippen LogP contribution in [0.3, 0.4) is 0 Å². The molecule has 178 valence electrons. The lowest BCUT2D eigenvalue weighted by atomic mass is 9.72. The van der Waals surface area contributed by atoms with Crippen LogP contribution in [0.4, 0.5) is 4.79 Å². The van der Waals surface area contributed by atoms with Gasteiger partial charge in [-0.1, -0.05) is 91.0 Å². The zero-order chi connectivity index (χ0) is 23.8. The number of carbonyl (C=O) groups excluding carboxylic acids is 1. The quantitative estimate of drug-likeness (QED) is 0.522. The molecule has 3 aromatic carbocycles. The lowest BCUT2D eigenvalue weighted by Gasteiger charge is -2.42. The number of hydrogen-bond donors (Lipinski definition) is 1. The zero-order valence-electron chi connectivity index (χ0n) is 19.8. The van der Waals surface area contributed by atoms with Gasteiger partial charge < -0.3 is 14.7 Å². The molecule has 1 aliphatic heterocycles. The molecule has 1 amide bonds. The molecule has 0 spiro atoms. The molecule has 0 atom stereocenters. The summed E-state index contributed by atoms with van der Waals surface area (Å²) < 4.78 is 5.56. The molecule has 0 bridgehead atoms. The van der Waals surface area contributed by atoms with Gasteiger partial charge in [-0.3, -0.25) is 4.90 Å². The Balaban J connectivity index is 1.31. The van der Waals surface area contributed by atoms with Crippen LogP contribution in [0.1, 0.15) is 29.5 Å². The Hall–Kier alpha value is -3.15. The number of likely N-dealkylation sites (N-methyl/N-ethyl adjacent to an activating group) is 1. The Kier molecular flexibility index (Phi) is 7.99. The third kappa shape index (κ3) is 5.66. The maximum absolute atomic E-state index is 12.7. The molecular weight excluding hydrogens is 424 g/mol. The summed E-state index contributed by atoms with van der Waals surface area (Å²) in [5.74, 6) is 0.0124. The monoisotopic (exact) mass is 458 g/mol. The van der Waals surface area contributed by atoms with Crippen molar-refractivity contribution < 1.29 is 14.6 Å². The predicted molar refractivity (Wildman–Crippen MR) is 134 cm³/mol. The Labute approximate surface area is 202 Å². The van der Waals surface area contributed by atoms with Crippen LogP contribution < -0.4 is 0 Å². The van der Waals surface area contributed by atoms with Gasteiger partial charge in [-0.05, 0) is 42.5 Å². The molecule has 3 aromatic rings. The number of aliphatic hydroxyl groups is 1. The number of nitrogens with zero attached hydrogens (tertiary/aromatic N) is 2. The maximum Gasteiger partial charge on any atom is 0.409 e. The van der Waals surface area contributed by atoms with Gasteiger partial charge in [0.25, 0.3) is 0 Å². The minimum atomic E-state index is -1.08. The fourth-order valence-corrected chi connectivity index (χ4v) is 4.86. The standard InChI is InChI=1S/C29H34N2O3/c1-30(23-24-11-5-2-6-12-24)21-22-34-28(32)31-19-17-27(18-20-31)29(33,25-13-7-3-8-14-25)26-15-9-4-10-16-26/h2-16,27,33H,17-23H2,1H3. The van der Waals surface area contributed by atoms with Crippen molar-refractivity contribution in [1.82, 2.24) is 9.80 Å². The van der Waals surface area contributed by atoms with E-state index in [1.54, 1.807) is 4.90 Å². The van der Waals surface area contributed by atoms with Crippen LogP contribution in [0.2, 0.25) is 0 Å². The highest BCUT2D eigenvalue weighted by Gasteiger charge is 2.42. The molecule has 4 rings (SSSR count). The summed E-state index contributed by atoms with van der Waals surface area (Å²) in [6, 6.07) is 30.0. The van der Waals surface area contributed by atoms with Crippen molar-refractivity contribution in [2.24, 2.45) is 5.92 Å². The van der Waals surface area contributed by atoms with Crippen molar-refractivity contribution in [3.05, 3.63) is 108 Å². The molecule has 1 aliphatic rings. The number of carbonyl (C=O) groups is 1. The van der Waals surface area contributed by atoms with Gasteiger partial charge in [-0.15, -0.1) is 0 Å². The molecule has 0 unspecified atom stereocenters. The molecule has 5 nitrogen and oxygen atoms in total. The number of hydrogen-bond acceptors (Lipinski definition) is 4. The van der Waals surface area contributed by atoms with Gasteiger partial charge >= 0.3 is 6.09 Å². The highest BCUT2D eigenvalue weighted by molar-refractivity contribution is 5.67. The summed E-state index contributed by atoms with van der Waals surface area (Å²) >= 11 is 0. The van der Waals surface area contributed by atoms with Gasteiger partial charge in [0.1, 0.15) is 12.2 Å². The first-order valence-corrected chi connectivity index (χ1v) is 12.0. The van der Waals surface area contributed by atoms with Crippen LogP contribution in [0.15, 0.2) is 91.0 Å². The van der Waals surface area contributed by atoms with Crippen molar-refractivity contribution >= 4 is 6.09 Å². The number of ether oxygens (including phenoxy) is 1. The topological polar surface area (TPSA) is 53.0 Å². The van der Waals surface area contributed by atoms with Crippen molar-refractivity contribution in [2.75, 3.05) is 33.3 Å². The average Bonchev–Trinajstić information content (AvgIpc) is 2.90. The van der Waals surface area contributed by atoms with Gasteiger partial charge in [0.15, 0.2) is 0 Å². The van der Waals surface area contributed by atoms with E-state index in [4.69, 9.17) is 4.74 Å². The van der Waals surface area contributed by atoms with E-state index in [9.17, 15) is 9.90 Å². The highest BCUT2D eigenvalue weighted by atomic mass is 16.6. The fraction of sp³-hybridized carbons (Fsp3) is 0.345. The molecule has 0 radical (unpaired) electrons. The van der Waals surface area contributed by atoms with E-state index in [0.29, 0.717) is 39.1 Å². The van der Waals surface area contributed by atoms with Crippen LogP contribution in [0.25, 0.3) is 0 Å². The summed E-state index contributed by atoms with van der Waals surface area (Å²) in [7, 11) is 2.03. The van der Waals surface area contributed by atoms with Crippen molar-refractivity contribution in [3.8, 4) is 0 Å². The second-order valence-electron chi connectivity index (χ2n) is 9.10. The summed E-state index contributed by atoms with van der Waals surface area (Å²) in [5, 5.41) is 12.0. The van der Waals surface area contributed by atoms with Gasteiger partial charge in [0.05, 0.1) is 0 Å². The zero-order valence-corrected chi connectivity index (χ0v) is 19.8. The first-order valence-electron chi connectivity index (χ1n) is 12.0. The van der Waals surface area contributed by atoms with E-state index in [0.717, 1.165) is 17.7 Å². The second kappa shape index (κ2) is 11.3. The van der Waals surface area contributed by atoms with Gasteiger partial charge in [0.2, 0.25) is 0 Å². The summed E-state index contributed by atoms with van der Waals surface area (Å²) in [6.07, 6.45) is 1.15. The number of piperidine rings is 1. The highest BCUT2D eigenvalue weighted by Crippen LogP contribution is 2.41. The summed E-state index contributed by atoms with van der Waals surface area (Å²) in [4.78, 5) is 16.6. The molecule has 5 heteroatoms. The molecule has 1 saturated heterocycles. The Morgan fingerprint density at radius 2 is 1.41 bits per heavy atom. The molecule has 0 aromatic heterocycles. The Morgan fingerprint density at radius 3 is 1.94 bits per heavy atom. The molecule has 34 heavy (non-hydrogen) atoms. The largest absolute Gasteiger partial charge is 0.448 e. The molecule has 1 heterocycles. The van der Waals surface area contributed by atoms with Gasteiger partial charge in [-0.25, -0.2) is 4.79 Å². The minimum Gasteiger partial charge on any atom is -0.448 e. The second-order valence-corrected chi connectivity index (χ2v) is 9.10. The van der Waals surface area contributed by atoms with Crippen LogP contribution in [-0.2, 0) is 16.9 Å².